The number of nitrogens with one attached hydrogen (secondary N) is 1. The second-order valence-corrected chi connectivity index (χ2v) is 8.04. The number of aryl methyl sites for hydroxylation is 3. The molecule has 1 saturated heterocycles. The van der Waals surface area contributed by atoms with Crippen molar-refractivity contribution >= 4 is 17.4 Å². The van der Waals surface area contributed by atoms with Gasteiger partial charge in [-0.15, -0.1) is 0 Å². The summed E-state index contributed by atoms with van der Waals surface area (Å²) < 4.78 is 0. The number of H-pyrrole nitrogens is 1. The summed E-state index contributed by atoms with van der Waals surface area (Å²) in [5, 5.41) is 0. The van der Waals surface area contributed by atoms with Crippen molar-refractivity contribution in [2.24, 2.45) is 0 Å². The van der Waals surface area contributed by atoms with E-state index in [2.05, 4.69) is 41.9 Å². The number of hydrogen-bond donors (Lipinski definition) is 1. The van der Waals surface area contributed by atoms with Gasteiger partial charge in [0.2, 0.25) is 0 Å². The first-order valence-electron chi connectivity index (χ1n) is 10.3. The predicted molar refractivity (Wildman–Crippen MR) is 120 cm³/mol. The largest absolute Gasteiger partial charge is 0.368 e. The van der Waals surface area contributed by atoms with Crippen molar-refractivity contribution in [3.8, 4) is 11.3 Å². The van der Waals surface area contributed by atoms with Gasteiger partial charge in [-0.05, 0) is 55.7 Å². The number of piperazine rings is 1. The molecule has 0 radical (unpaired) electrons. The van der Waals surface area contributed by atoms with E-state index in [-0.39, 0.29) is 0 Å². The number of ketones is 1. The Morgan fingerprint density at radius 2 is 1.47 bits per heavy atom. The van der Waals surface area contributed by atoms with Crippen LogP contribution in [-0.4, -0.2) is 47.8 Å². The fourth-order valence-electron chi connectivity index (χ4n) is 4.13. The van der Waals surface area contributed by atoms with Crippen LogP contribution in [0.25, 0.3) is 11.3 Å². The predicted octanol–water partition coefficient (Wildman–Crippen LogP) is 4.14. The Hall–Kier alpha value is -3.34. The normalized spacial score (nSPS) is 14.1. The zero-order valence-corrected chi connectivity index (χ0v) is 17.7. The fourth-order valence-corrected chi connectivity index (χ4v) is 4.13. The first-order chi connectivity index (χ1) is 14.4. The molecule has 0 atom stereocenters. The third-order valence-electron chi connectivity index (χ3n) is 5.68. The van der Waals surface area contributed by atoms with Crippen LogP contribution >= 0.6 is 0 Å². The third kappa shape index (κ3) is 4.01. The fraction of sp³-hybridized carbons (Fsp3) is 0.280. The number of carbonyl (C=O) groups is 2. The molecule has 30 heavy (non-hydrogen) atoms. The summed E-state index contributed by atoms with van der Waals surface area (Å²) in [7, 11) is 0. The first kappa shape index (κ1) is 20.0. The number of carbonyl (C=O) groups excluding carboxylic acids is 2. The summed E-state index contributed by atoms with van der Waals surface area (Å²) >= 11 is 0. The van der Waals surface area contributed by atoms with Crippen molar-refractivity contribution in [2.75, 3.05) is 31.1 Å². The van der Waals surface area contributed by atoms with Gasteiger partial charge in [0, 0.05) is 48.8 Å². The molecule has 1 N–H and O–H groups in total. The molecule has 1 amide bonds. The van der Waals surface area contributed by atoms with Crippen molar-refractivity contribution < 1.29 is 9.59 Å². The van der Waals surface area contributed by atoms with Gasteiger partial charge in [-0.2, -0.15) is 0 Å². The summed E-state index contributed by atoms with van der Waals surface area (Å²) in [4.78, 5) is 33.0. The Morgan fingerprint density at radius 1 is 0.833 bits per heavy atom. The lowest BCUT2D eigenvalue weighted by Gasteiger charge is -2.36. The maximum atomic E-state index is 12.9. The van der Waals surface area contributed by atoms with Gasteiger partial charge in [0.1, 0.15) is 0 Å². The average molecular weight is 402 g/mol. The van der Waals surface area contributed by atoms with Crippen molar-refractivity contribution in [1.82, 2.24) is 9.88 Å². The van der Waals surface area contributed by atoms with E-state index < -0.39 is 11.7 Å². The molecular formula is C25H27N3O2. The van der Waals surface area contributed by atoms with Crippen LogP contribution in [0.1, 0.15) is 27.2 Å². The molecule has 1 aromatic heterocycles. The molecule has 154 valence electrons. The van der Waals surface area contributed by atoms with Crippen LogP contribution < -0.4 is 4.90 Å². The molecule has 0 unspecified atom stereocenters. The molecule has 4 rings (SSSR count). The molecule has 0 aliphatic carbocycles. The van der Waals surface area contributed by atoms with Crippen molar-refractivity contribution in [3.63, 3.8) is 0 Å². The minimum absolute atomic E-state index is 0.420. The minimum atomic E-state index is -0.439. The standard InChI is InChI=1S/C25H27N3O2/c1-17-13-18(2)15-21(14-17)27-9-11-28(12-10-27)25(30)24(29)22-16-23(26-19(22)3)20-7-5-4-6-8-20/h4-8,13-16,26H,9-12H2,1-3H3. The van der Waals surface area contributed by atoms with E-state index in [4.69, 9.17) is 0 Å². The molecule has 2 aromatic carbocycles. The minimum Gasteiger partial charge on any atom is -0.368 e. The van der Waals surface area contributed by atoms with E-state index in [1.54, 1.807) is 11.0 Å². The lowest BCUT2D eigenvalue weighted by atomic mass is 10.1. The summed E-state index contributed by atoms with van der Waals surface area (Å²) in [6, 6.07) is 18.1. The smallest absolute Gasteiger partial charge is 0.295 e. The molecule has 5 nitrogen and oxygen atoms in total. The van der Waals surface area contributed by atoms with Gasteiger partial charge in [-0.1, -0.05) is 36.4 Å². The lowest BCUT2D eigenvalue weighted by molar-refractivity contribution is -0.126. The molecule has 1 aliphatic heterocycles. The monoisotopic (exact) mass is 401 g/mol. The highest BCUT2D eigenvalue weighted by atomic mass is 16.2. The van der Waals surface area contributed by atoms with Gasteiger partial charge in [0.25, 0.3) is 11.7 Å². The number of rotatable bonds is 4. The van der Waals surface area contributed by atoms with Crippen molar-refractivity contribution in [3.05, 3.63) is 77.0 Å². The second-order valence-electron chi connectivity index (χ2n) is 8.04. The summed E-state index contributed by atoms with van der Waals surface area (Å²) in [5.74, 6) is -0.859. The molecule has 3 aromatic rings. The molecule has 0 bridgehead atoms. The summed E-state index contributed by atoms with van der Waals surface area (Å²) in [6.07, 6.45) is 0. The quantitative estimate of drug-likeness (QED) is 0.528. The zero-order valence-electron chi connectivity index (χ0n) is 17.7. The SMILES string of the molecule is Cc1cc(C)cc(N2CCN(C(=O)C(=O)c3cc(-c4ccccc4)[nH]c3C)CC2)c1. The van der Waals surface area contributed by atoms with Gasteiger partial charge < -0.3 is 14.8 Å². The van der Waals surface area contributed by atoms with E-state index in [1.807, 2.05) is 37.3 Å². The molecule has 5 heteroatoms. The summed E-state index contributed by atoms with van der Waals surface area (Å²) in [5.41, 5.74) is 6.67. The molecule has 0 spiro atoms. The van der Waals surface area contributed by atoms with Crippen LogP contribution in [0.3, 0.4) is 0 Å². The maximum Gasteiger partial charge on any atom is 0.295 e. The van der Waals surface area contributed by atoms with Crippen molar-refractivity contribution in [2.45, 2.75) is 20.8 Å². The number of aromatic amines is 1. The number of aromatic nitrogens is 1. The zero-order chi connectivity index (χ0) is 21.3. The highest BCUT2D eigenvalue weighted by Crippen LogP contribution is 2.23. The number of benzene rings is 2. The summed E-state index contributed by atoms with van der Waals surface area (Å²) in [6.45, 7) is 8.58. The second kappa shape index (κ2) is 8.19. The van der Waals surface area contributed by atoms with E-state index in [0.29, 0.717) is 18.7 Å². The highest BCUT2D eigenvalue weighted by molar-refractivity contribution is 6.43. The number of Topliss-reactive ketones (excluding diaryl/α,β-unsaturated/α-hetero) is 1. The Morgan fingerprint density at radius 3 is 2.10 bits per heavy atom. The van der Waals surface area contributed by atoms with E-state index in [9.17, 15) is 9.59 Å². The molecule has 1 aliphatic rings. The van der Waals surface area contributed by atoms with Gasteiger partial charge in [-0.25, -0.2) is 0 Å². The lowest BCUT2D eigenvalue weighted by Crippen LogP contribution is -2.50. The average Bonchev–Trinajstić information content (AvgIpc) is 3.14. The van der Waals surface area contributed by atoms with Crippen LogP contribution in [0, 0.1) is 20.8 Å². The van der Waals surface area contributed by atoms with Gasteiger partial charge in [0.15, 0.2) is 0 Å². The van der Waals surface area contributed by atoms with Crippen LogP contribution in [-0.2, 0) is 4.79 Å². The number of nitrogens with zero attached hydrogens (tertiary/aromatic N) is 2. The van der Waals surface area contributed by atoms with Crippen LogP contribution in [0.5, 0.6) is 0 Å². The number of anilines is 1. The maximum absolute atomic E-state index is 12.9. The van der Waals surface area contributed by atoms with Crippen molar-refractivity contribution in [1.29, 1.82) is 0 Å². The van der Waals surface area contributed by atoms with E-state index >= 15 is 0 Å². The Labute approximate surface area is 177 Å². The first-order valence-corrected chi connectivity index (χ1v) is 10.3. The van der Waals surface area contributed by atoms with Crippen LogP contribution in [0.4, 0.5) is 5.69 Å². The molecule has 0 saturated carbocycles. The number of amides is 1. The highest BCUT2D eigenvalue weighted by Gasteiger charge is 2.28. The van der Waals surface area contributed by atoms with Gasteiger partial charge in [-0.3, -0.25) is 9.59 Å². The Bertz CT molecular complexity index is 1060. The Balaban J connectivity index is 1.44. The molecule has 1 fully saturated rings. The molecule has 2 heterocycles. The number of hydrogen-bond acceptors (Lipinski definition) is 3. The van der Waals surface area contributed by atoms with E-state index in [1.165, 1.54) is 16.8 Å². The van der Waals surface area contributed by atoms with E-state index in [0.717, 1.165) is 30.0 Å². The van der Waals surface area contributed by atoms with Gasteiger partial charge >= 0.3 is 0 Å². The molecular weight excluding hydrogens is 374 g/mol. The third-order valence-corrected chi connectivity index (χ3v) is 5.68. The Kier molecular flexibility index (Phi) is 5.44. The van der Waals surface area contributed by atoms with Gasteiger partial charge in [0.05, 0.1) is 0 Å². The van der Waals surface area contributed by atoms with Crippen LogP contribution in [0.15, 0.2) is 54.6 Å². The van der Waals surface area contributed by atoms with Crippen LogP contribution in [0.2, 0.25) is 0 Å². The topological polar surface area (TPSA) is 56.4 Å².